The first-order chi connectivity index (χ1) is 15.6. The Balaban J connectivity index is 1.41. The highest BCUT2D eigenvalue weighted by Gasteiger charge is 2.44. The van der Waals surface area contributed by atoms with Crippen LogP contribution in [0.4, 0.5) is 11.6 Å². The number of amides is 1. The lowest BCUT2D eigenvalue weighted by Crippen LogP contribution is -2.15. The van der Waals surface area contributed by atoms with Crippen LogP contribution in [0.2, 0.25) is 0 Å². The number of anilines is 2. The van der Waals surface area contributed by atoms with Crippen LogP contribution in [-0.2, 0) is 11.2 Å². The van der Waals surface area contributed by atoms with Crippen molar-refractivity contribution in [2.24, 2.45) is 5.92 Å². The van der Waals surface area contributed by atoms with E-state index < -0.39 is 0 Å². The van der Waals surface area contributed by atoms with E-state index in [0.717, 1.165) is 39.6 Å². The van der Waals surface area contributed by atoms with Gasteiger partial charge < -0.3 is 16.2 Å². The van der Waals surface area contributed by atoms with Crippen molar-refractivity contribution in [3.05, 3.63) is 78.2 Å². The molecule has 3 aromatic heterocycles. The van der Waals surface area contributed by atoms with E-state index in [1.807, 2.05) is 54.7 Å². The largest absolute Gasteiger partial charge is 0.396 e. The molecule has 1 aliphatic carbocycles. The number of aliphatic hydroxyl groups excluding tert-OH is 1. The highest BCUT2D eigenvalue weighted by atomic mass is 16.3. The second-order valence-electron chi connectivity index (χ2n) is 8.04. The van der Waals surface area contributed by atoms with Crippen molar-refractivity contribution in [2.45, 2.75) is 18.8 Å². The van der Waals surface area contributed by atoms with Gasteiger partial charge in [-0.05, 0) is 53.5 Å². The summed E-state index contributed by atoms with van der Waals surface area (Å²) in [6.45, 7) is 0.0569. The Hall–Kier alpha value is -3.84. The van der Waals surface area contributed by atoms with Crippen LogP contribution in [0.25, 0.3) is 22.0 Å². The molecule has 32 heavy (non-hydrogen) atoms. The fourth-order valence-electron chi connectivity index (χ4n) is 4.16. The van der Waals surface area contributed by atoms with Crippen molar-refractivity contribution >= 4 is 28.3 Å². The van der Waals surface area contributed by atoms with Gasteiger partial charge >= 0.3 is 0 Å². The molecule has 4 N–H and O–H groups in total. The zero-order chi connectivity index (χ0) is 22.1. The lowest BCUT2D eigenvalue weighted by molar-refractivity contribution is -0.117. The third-order valence-electron chi connectivity index (χ3n) is 5.91. The van der Waals surface area contributed by atoms with Gasteiger partial charge in [-0.3, -0.25) is 9.78 Å². The Morgan fingerprint density at radius 3 is 2.84 bits per heavy atom. The Morgan fingerprint density at radius 2 is 2.03 bits per heavy atom. The van der Waals surface area contributed by atoms with Crippen LogP contribution in [0.15, 0.2) is 67.1 Å². The quantitative estimate of drug-likeness (QED) is 0.435. The third-order valence-corrected chi connectivity index (χ3v) is 5.91. The summed E-state index contributed by atoms with van der Waals surface area (Å²) in [7, 11) is 0. The summed E-state index contributed by atoms with van der Waals surface area (Å²) in [6.07, 6.45) is 6.54. The SMILES string of the molecule is Nc1nc(-c2ccccc2CCO)cc2cc(NC(=O)[C@@H]3C[C@H]3c3cccnc3)ncc12. The van der Waals surface area contributed by atoms with E-state index in [0.29, 0.717) is 18.1 Å². The maximum Gasteiger partial charge on any atom is 0.229 e. The summed E-state index contributed by atoms with van der Waals surface area (Å²) in [5.74, 6) is 0.958. The second-order valence-corrected chi connectivity index (χ2v) is 8.04. The normalized spacial score (nSPS) is 17.3. The highest BCUT2D eigenvalue weighted by Crippen LogP contribution is 2.47. The van der Waals surface area contributed by atoms with Gasteiger partial charge in [0.1, 0.15) is 11.6 Å². The predicted octanol–water partition coefficient (Wildman–Crippen LogP) is 3.55. The van der Waals surface area contributed by atoms with Crippen LogP contribution in [0.5, 0.6) is 0 Å². The van der Waals surface area contributed by atoms with Gasteiger partial charge in [-0.15, -0.1) is 0 Å². The van der Waals surface area contributed by atoms with Gasteiger partial charge in [0.15, 0.2) is 0 Å². The molecule has 1 amide bonds. The number of carbonyl (C=O) groups excluding carboxylic acids is 1. The molecular weight excluding hydrogens is 402 g/mol. The molecule has 7 nitrogen and oxygen atoms in total. The molecule has 5 rings (SSSR count). The minimum absolute atomic E-state index is 0.0405. The summed E-state index contributed by atoms with van der Waals surface area (Å²) < 4.78 is 0. The molecule has 0 aliphatic heterocycles. The number of nitrogens with one attached hydrogen (secondary N) is 1. The number of aliphatic hydroxyl groups is 1. The molecule has 3 heterocycles. The Kier molecular flexibility index (Phi) is 5.25. The summed E-state index contributed by atoms with van der Waals surface area (Å²) in [5, 5.41) is 13.9. The van der Waals surface area contributed by atoms with Crippen LogP contribution >= 0.6 is 0 Å². The first-order valence-corrected chi connectivity index (χ1v) is 10.6. The van der Waals surface area contributed by atoms with Crippen LogP contribution < -0.4 is 11.1 Å². The lowest BCUT2D eigenvalue weighted by atomic mass is 10.0. The number of rotatable bonds is 6. The molecule has 0 radical (unpaired) electrons. The molecule has 2 atom stereocenters. The van der Waals surface area contributed by atoms with E-state index in [4.69, 9.17) is 5.73 Å². The Bertz CT molecular complexity index is 1290. The fraction of sp³-hybridized carbons (Fsp3) is 0.200. The molecule has 0 bridgehead atoms. The first-order valence-electron chi connectivity index (χ1n) is 10.6. The van der Waals surface area contributed by atoms with E-state index in [2.05, 4.69) is 20.3 Å². The van der Waals surface area contributed by atoms with Gasteiger partial charge in [0, 0.05) is 42.1 Å². The molecule has 0 unspecified atom stereocenters. The van der Waals surface area contributed by atoms with E-state index >= 15 is 0 Å². The number of hydrogen-bond donors (Lipinski definition) is 3. The molecule has 0 spiro atoms. The van der Waals surface area contributed by atoms with Crippen LogP contribution in [0.3, 0.4) is 0 Å². The molecule has 7 heteroatoms. The van der Waals surface area contributed by atoms with Gasteiger partial charge in [0.25, 0.3) is 0 Å². The summed E-state index contributed by atoms with van der Waals surface area (Å²) in [6, 6.07) is 15.5. The average molecular weight is 425 g/mol. The summed E-state index contributed by atoms with van der Waals surface area (Å²) >= 11 is 0. The van der Waals surface area contributed by atoms with Crippen molar-refractivity contribution in [1.82, 2.24) is 15.0 Å². The van der Waals surface area contributed by atoms with Crippen molar-refractivity contribution in [1.29, 1.82) is 0 Å². The lowest BCUT2D eigenvalue weighted by Gasteiger charge is -2.11. The number of nitrogens with two attached hydrogens (primary N) is 1. The van der Waals surface area contributed by atoms with Crippen LogP contribution in [-0.4, -0.2) is 32.6 Å². The zero-order valence-corrected chi connectivity index (χ0v) is 17.4. The van der Waals surface area contributed by atoms with Crippen molar-refractivity contribution in [3.8, 4) is 11.3 Å². The number of hydrogen-bond acceptors (Lipinski definition) is 6. The summed E-state index contributed by atoms with van der Waals surface area (Å²) in [5.41, 5.74) is 9.95. The molecule has 1 saturated carbocycles. The fourth-order valence-corrected chi connectivity index (χ4v) is 4.16. The van der Waals surface area contributed by atoms with Crippen LogP contribution in [0, 0.1) is 5.92 Å². The third kappa shape index (κ3) is 3.90. The summed E-state index contributed by atoms with van der Waals surface area (Å²) in [4.78, 5) is 25.8. The van der Waals surface area contributed by atoms with E-state index in [9.17, 15) is 9.90 Å². The van der Waals surface area contributed by atoms with Gasteiger partial charge in [-0.25, -0.2) is 9.97 Å². The monoisotopic (exact) mass is 425 g/mol. The predicted molar refractivity (Wildman–Crippen MR) is 124 cm³/mol. The van der Waals surface area contributed by atoms with Crippen molar-refractivity contribution in [2.75, 3.05) is 17.7 Å². The first kappa shape index (κ1) is 20.1. The minimum atomic E-state index is -0.0693. The Morgan fingerprint density at radius 1 is 1.16 bits per heavy atom. The average Bonchev–Trinajstić information content (AvgIpc) is 3.61. The zero-order valence-electron chi connectivity index (χ0n) is 17.4. The number of fused-ring (bicyclic) bond motifs is 1. The molecule has 1 aliphatic rings. The molecule has 4 aromatic rings. The maximum atomic E-state index is 12.7. The Labute approximate surface area is 185 Å². The van der Waals surface area contributed by atoms with E-state index in [-0.39, 0.29) is 24.3 Å². The number of pyridine rings is 3. The van der Waals surface area contributed by atoms with Gasteiger partial charge in [0.2, 0.25) is 5.91 Å². The number of aromatic nitrogens is 3. The number of benzene rings is 1. The smallest absolute Gasteiger partial charge is 0.229 e. The standard InChI is InChI=1S/C25H23N5O2/c26-24-21-14-28-23(30-25(32)20-12-19(20)16-5-3-8-27-13-16)11-17(21)10-22(29-24)18-6-2-1-4-15(18)7-9-31/h1-6,8,10-11,13-14,19-20,31H,7,9,12H2,(H2,26,29)(H,28,30,32)/t19-,20+/m0/s1. The van der Waals surface area contributed by atoms with Crippen LogP contribution in [0.1, 0.15) is 23.5 Å². The molecule has 1 fully saturated rings. The second kappa shape index (κ2) is 8.36. The van der Waals surface area contributed by atoms with Crippen molar-refractivity contribution < 1.29 is 9.90 Å². The van der Waals surface area contributed by atoms with Gasteiger partial charge in [0.05, 0.1) is 5.69 Å². The van der Waals surface area contributed by atoms with E-state index in [1.54, 1.807) is 12.4 Å². The molecular formula is C25H23N5O2. The van der Waals surface area contributed by atoms with E-state index in [1.165, 1.54) is 0 Å². The minimum Gasteiger partial charge on any atom is -0.396 e. The number of nitrogen functional groups attached to an aromatic ring is 1. The number of nitrogens with zero attached hydrogens (tertiary/aromatic N) is 3. The molecule has 0 saturated heterocycles. The molecule has 160 valence electrons. The van der Waals surface area contributed by atoms with Gasteiger partial charge in [-0.1, -0.05) is 30.3 Å². The topological polar surface area (TPSA) is 114 Å². The maximum absolute atomic E-state index is 12.7. The number of carbonyl (C=O) groups is 1. The van der Waals surface area contributed by atoms with Crippen molar-refractivity contribution in [3.63, 3.8) is 0 Å². The molecule has 1 aromatic carbocycles. The highest BCUT2D eigenvalue weighted by molar-refractivity contribution is 5.98. The van der Waals surface area contributed by atoms with Gasteiger partial charge in [-0.2, -0.15) is 0 Å².